The Morgan fingerprint density at radius 1 is 1.47 bits per heavy atom. The van der Waals surface area contributed by atoms with Gasteiger partial charge in [-0.1, -0.05) is 0 Å². The standard InChI is InChI=1S/C12H17IN2O2/c1-3-17-7-6-14-12(16)15-11-5-4-10(13)8-9(11)2/h4-5,8H,3,6-7H2,1-2H3,(H2,14,15,16). The number of amides is 2. The molecule has 0 unspecified atom stereocenters. The second kappa shape index (κ2) is 7.50. The molecule has 0 radical (unpaired) electrons. The minimum absolute atomic E-state index is 0.200. The molecule has 4 nitrogen and oxygen atoms in total. The molecule has 0 fully saturated rings. The van der Waals surface area contributed by atoms with Crippen LogP contribution in [0.1, 0.15) is 12.5 Å². The van der Waals surface area contributed by atoms with Gasteiger partial charge in [-0.25, -0.2) is 4.79 Å². The van der Waals surface area contributed by atoms with E-state index in [0.717, 1.165) is 14.8 Å². The smallest absolute Gasteiger partial charge is 0.319 e. The molecule has 0 aliphatic carbocycles. The number of rotatable bonds is 5. The molecule has 0 atom stereocenters. The number of aryl methyl sites for hydroxylation is 1. The van der Waals surface area contributed by atoms with Crippen LogP contribution < -0.4 is 10.6 Å². The van der Waals surface area contributed by atoms with Crippen LogP contribution in [0.5, 0.6) is 0 Å². The maximum Gasteiger partial charge on any atom is 0.319 e. The van der Waals surface area contributed by atoms with Gasteiger partial charge >= 0.3 is 6.03 Å². The van der Waals surface area contributed by atoms with Crippen molar-refractivity contribution >= 4 is 34.3 Å². The van der Waals surface area contributed by atoms with E-state index in [1.807, 2.05) is 32.0 Å². The molecule has 0 heterocycles. The van der Waals surface area contributed by atoms with E-state index in [1.165, 1.54) is 0 Å². The molecule has 0 saturated heterocycles. The SMILES string of the molecule is CCOCCNC(=O)Nc1ccc(I)cc1C. The van der Waals surface area contributed by atoms with Crippen molar-refractivity contribution in [3.8, 4) is 0 Å². The molecule has 0 aromatic heterocycles. The maximum absolute atomic E-state index is 11.5. The summed E-state index contributed by atoms with van der Waals surface area (Å²) < 4.78 is 6.29. The second-order valence-electron chi connectivity index (χ2n) is 3.54. The average Bonchev–Trinajstić information content (AvgIpc) is 2.28. The van der Waals surface area contributed by atoms with Crippen molar-refractivity contribution in [3.63, 3.8) is 0 Å². The molecule has 0 saturated carbocycles. The maximum atomic E-state index is 11.5. The Balaban J connectivity index is 2.40. The van der Waals surface area contributed by atoms with Gasteiger partial charge in [-0.15, -0.1) is 0 Å². The van der Waals surface area contributed by atoms with Crippen molar-refractivity contribution in [1.29, 1.82) is 0 Å². The van der Waals surface area contributed by atoms with Crippen LogP contribution in [0.2, 0.25) is 0 Å². The summed E-state index contributed by atoms with van der Waals surface area (Å²) in [4.78, 5) is 11.5. The molecule has 2 amide bonds. The van der Waals surface area contributed by atoms with E-state index < -0.39 is 0 Å². The first-order valence-corrected chi connectivity index (χ1v) is 6.60. The van der Waals surface area contributed by atoms with E-state index in [-0.39, 0.29) is 6.03 Å². The first-order chi connectivity index (χ1) is 8.13. The molecule has 1 aromatic rings. The van der Waals surface area contributed by atoms with Gasteiger partial charge in [0, 0.05) is 22.4 Å². The van der Waals surface area contributed by atoms with Crippen LogP contribution >= 0.6 is 22.6 Å². The van der Waals surface area contributed by atoms with Gasteiger partial charge in [0.15, 0.2) is 0 Å². The van der Waals surface area contributed by atoms with Crippen LogP contribution in [0.3, 0.4) is 0 Å². The summed E-state index contributed by atoms with van der Waals surface area (Å²) in [6.45, 7) is 5.62. The van der Waals surface area contributed by atoms with Crippen molar-refractivity contribution < 1.29 is 9.53 Å². The normalized spacial score (nSPS) is 10.1. The summed E-state index contributed by atoms with van der Waals surface area (Å²) >= 11 is 2.24. The van der Waals surface area contributed by atoms with Gasteiger partial charge in [0.05, 0.1) is 6.61 Å². The van der Waals surface area contributed by atoms with Gasteiger partial charge in [-0.05, 0) is 60.2 Å². The molecule has 1 aromatic carbocycles. The zero-order chi connectivity index (χ0) is 12.7. The Morgan fingerprint density at radius 3 is 2.88 bits per heavy atom. The number of carbonyl (C=O) groups excluding carboxylic acids is 1. The predicted molar refractivity (Wildman–Crippen MR) is 77.4 cm³/mol. The zero-order valence-corrected chi connectivity index (χ0v) is 12.2. The van der Waals surface area contributed by atoms with Gasteiger partial charge in [0.25, 0.3) is 0 Å². The zero-order valence-electron chi connectivity index (χ0n) is 10.0. The van der Waals surface area contributed by atoms with Gasteiger partial charge in [0.1, 0.15) is 0 Å². The summed E-state index contributed by atoms with van der Waals surface area (Å²) in [6.07, 6.45) is 0. The van der Waals surface area contributed by atoms with E-state index in [4.69, 9.17) is 4.74 Å². The third-order valence-electron chi connectivity index (χ3n) is 2.17. The van der Waals surface area contributed by atoms with E-state index in [1.54, 1.807) is 0 Å². The fourth-order valence-electron chi connectivity index (χ4n) is 1.31. The highest BCUT2D eigenvalue weighted by Crippen LogP contribution is 2.17. The number of benzene rings is 1. The lowest BCUT2D eigenvalue weighted by molar-refractivity contribution is 0.150. The van der Waals surface area contributed by atoms with Gasteiger partial charge in [0.2, 0.25) is 0 Å². The third-order valence-corrected chi connectivity index (χ3v) is 2.84. The number of ether oxygens (including phenoxy) is 1. The summed E-state index contributed by atoms with van der Waals surface area (Å²) in [5.41, 5.74) is 1.89. The van der Waals surface area contributed by atoms with Crippen molar-refractivity contribution in [2.24, 2.45) is 0 Å². The van der Waals surface area contributed by atoms with Crippen molar-refractivity contribution in [1.82, 2.24) is 5.32 Å². The number of hydrogen-bond acceptors (Lipinski definition) is 2. The van der Waals surface area contributed by atoms with Crippen LogP contribution in [-0.2, 0) is 4.74 Å². The molecule has 0 aliphatic rings. The molecule has 5 heteroatoms. The lowest BCUT2D eigenvalue weighted by atomic mass is 10.2. The molecule has 0 spiro atoms. The minimum Gasteiger partial charge on any atom is -0.380 e. The molecule has 2 N–H and O–H groups in total. The summed E-state index contributed by atoms with van der Waals surface area (Å²) in [7, 11) is 0. The fraction of sp³-hybridized carbons (Fsp3) is 0.417. The Labute approximate surface area is 115 Å². The highest BCUT2D eigenvalue weighted by molar-refractivity contribution is 14.1. The van der Waals surface area contributed by atoms with E-state index in [9.17, 15) is 4.79 Å². The monoisotopic (exact) mass is 348 g/mol. The summed E-state index contributed by atoms with van der Waals surface area (Å²) in [5.74, 6) is 0. The molecular weight excluding hydrogens is 331 g/mol. The summed E-state index contributed by atoms with van der Waals surface area (Å²) in [6, 6.07) is 5.69. The Bertz CT molecular complexity index is 383. The van der Waals surface area contributed by atoms with Crippen LogP contribution in [0.15, 0.2) is 18.2 Å². The molecule has 17 heavy (non-hydrogen) atoms. The summed E-state index contributed by atoms with van der Waals surface area (Å²) in [5, 5.41) is 5.54. The van der Waals surface area contributed by atoms with Crippen LogP contribution in [0.4, 0.5) is 10.5 Å². The van der Waals surface area contributed by atoms with Gasteiger partial charge in [-0.3, -0.25) is 0 Å². The number of urea groups is 1. The number of anilines is 1. The third kappa shape index (κ3) is 5.36. The minimum atomic E-state index is -0.200. The van der Waals surface area contributed by atoms with Crippen molar-refractivity contribution in [3.05, 3.63) is 27.3 Å². The Kier molecular flexibility index (Phi) is 6.28. The predicted octanol–water partition coefficient (Wildman–Crippen LogP) is 2.76. The quantitative estimate of drug-likeness (QED) is 0.635. The lowest BCUT2D eigenvalue weighted by Crippen LogP contribution is -2.31. The van der Waals surface area contributed by atoms with E-state index >= 15 is 0 Å². The molecule has 94 valence electrons. The number of nitrogens with one attached hydrogen (secondary N) is 2. The van der Waals surface area contributed by atoms with Crippen molar-refractivity contribution in [2.45, 2.75) is 13.8 Å². The topological polar surface area (TPSA) is 50.4 Å². The Morgan fingerprint density at radius 2 is 2.24 bits per heavy atom. The first-order valence-electron chi connectivity index (χ1n) is 5.52. The molecular formula is C12H17IN2O2. The number of carbonyl (C=O) groups is 1. The molecule has 1 rings (SSSR count). The lowest BCUT2D eigenvalue weighted by Gasteiger charge is -2.10. The number of halogens is 1. The molecule has 0 aliphatic heterocycles. The Hall–Kier alpha value is -0.820. The van der Waals surface area contributed by atoms with Crippen LogP contribution in [-0.4, -0.2) is 25.8 Å². The van der Waals surface area contributed by atoms with Crippen molar-refractivity contribution in [2.75, 3.05) is 25.1 Å². The molecule has 0 bridgehead atoms. The number of hydrogen-bond donors (Lipinski definition) is 2. The van der Waals surface area contributed by atoms with Gasteiger partial charge in [-0.2, -0.15) is 0 Å². The van der Waals surface area contributed by atoms with Crippen LogP contribution in [0, 0.1) is 10.5 Å². The van der Waals surface area contributed by atoms with Crippen LogP contribution in [0.25, 0.3) is 0 Å². The van der Waals surface area contributed by atoms with Gasteiger partial charge < -0.3 is 15.4 Å². The highest BCUT2D eigenvalue weighted by atomic mass is 127. The second-order valence-corrected chi connectivity index (χ2v) is 4.78. The largest absolute Gasteiger partial charge is 0.380 e. The van der Waals surface area contributed by atoms with E-state index in [2.05, 4.69) is 33.2 Å². The average molecular weight is 348 g/mol. The van der Waals surface area contributed by atoms with E-state index in [0.29, 0.717) is 19.8 Å². The fourth-order valence-corrected chi connectivity index (χ4v) is 1.96. The first kappa shape index (κ1) is 14.2. The highest BCUT2D eigenvalue weighted by Gasteiger charge is 2.03.